The van der Waals surface area contributed by atoms with Gasteiger partial charge in [-0.1, -0.05) is 11.2 Å². The van der Waals surface area contributed by atoms with E-state index in [1.807, 2.05) is 31.4 Å². The van der Waals surface area contributed by atoms with Crippen molar-refractivity contribution in [3.63, 3.8) is 0 Å². The molecular weight excluding hydrogens is 312 g/mol. The molecule has 0 saturated carbocycles. The Labute approximate surface area is 139 Å². The van der Waals surface area contributed by atoms with Crippen LogP contribution in [0.4, 0.5) is 0 Å². The van der Waals surface area contributed by atoms with E-state index in [1.54, 1.807) is 11.3 Å². The van der Waals surface area contributed by atoms with E-state index in [1.165, 1.54) is 4.88 Å². The molecule has 3 rings (SSSR count). The topological polar surface area (TPSA) is 71.3 Å². The number of carbonyl (C=O) groups is 1. The monoisotopic (exact) mass is 334 g/mol. The molecule has 1 N–H and O–H groups in total. The van der Waals surface area contributed by atoms with Crippen LogP contribution in [0.2, 0.25) is 0 Å². The molecule has 1 aliphatic heterocycles. The maximum atomic E-state index is 12.4. The quantitative estimate of drug-likeness (QED) is 0.908. The highest BCUT2D eigenvalue weighted by atomic mass is 32.1. The number of amides is 1. The fourth-order valence-corrected chi connectivity index (χ4v) is 3.58. The first kappa shape index (κ1) is 16.1. The van der Waals surface area contributed by atoms with E-state index in [2.05, 4.69) is 20.4 Å². The molecular formula is C16H22N4O2S. The summed E-state index contributed by atoms with van der Waals surface area (Å²) in [6.07, 6.45) is 2.07. The Morgan fingerprint density at radius 2 is 2.48 bits per heavy atom. The summed E-state index contributed by atoms with van der Waals surface area (Å²) in [6.45, 7) is 6.10. The van der Waals surface area contributed by atoms with Crippen molar-refractivity contribution in [2.24, 2.45) is 0 Å². The minimum absolute atomic E-state index is 0.0701. The summed E-state index contributed by atoms with van der Waals surface area (Å²) in [5.41, 5.74) is 0. The normalized spacial score (nSPS) is 20.3. The van der Waals surface area contributed by atoms with Gasteiger partial charge in [-0.2, -0.15) is 4.98 Å². The van der Waals surface area contributed by atoms with E-state index in [4.69, 9.17) is 4.52 Å². The Morgan fingerprint density at radius 3 is 3.17 bits per heavy atom. The molecule has 0 spiro atoms. The van der Waals surface area contributed by atoms with Gasteiger partial charge in [-0.3, -0.25) is 9.69 Å². The fraction of sp³-hybridized carbons (Fsp3) is 0.562. The first-order chi connectivity index (χ1) is 11.1. The van der Waals surface area contributed by atoms with Gasteiger partial charge in [0.2, 0.25) is 11.8 Å². The smallest absolute Gasteiger partial charge is 0.237 e. The largest absolute Gasteiger partial charge is 0.350 e. The number of aryl methyl sites for hydroxylation is 1. The second-order valence-electron chi connectivity index (χ2n) is 5.99. The molecule has 2 unspecified atom stereocenters. The van der Waals surface area contributed by atoms with Crippen LogP contribution in [0, 0.1) is 6.92 Å². The van der Waals surface area contributed by atoms with Crippen LogP contribution in [0.5, 0.6) is 0 Å². The van der Waals surface area contributed by atoms with Crippen molar-refractivity contribution < 1.29 is 9.32 Å². The highest BCUT2D eigenvalue weighted by Crippen LogP contribution is 2.26. The predicted molar refractivity (Wildman–Crippen MR) is 88.2 cm³/mol. The number of likely N-dealkylation sites (tertiary alicyclic amines) is 1. The summed E-state index contributed by atoms with van der Waals surface area (Å²) in [5.74, 6) is 1.65. The van der Waals surface area contributed by atoms with Gasteiger partial charge >= 0.3 is 0 Å². The number of rotatable bonds is 5. The second-order valence-corrected chi connectivity index (χ2v) is 7.02. The lowest BCUT2D eigenvalue weighted by atomic mass is 9.96. The van der Waals surface area contributed by atoms with Gasteiger partial charge in [0, 0.05) is 11.4 Å². The van der Waals surface area contributed by atoms with Gasteiger partial charge in [0.15, 0.2) is 5.82 Å². The van der Waals surface area contributed by atoms with Crippen LogP contribution in [-0.4, -0.2) is 40.1 Å². The van der Waals surface area contributed by atoms with Gasteiger partial charge in [0.25, 0.3) is 0 Å². The number of piperidine rings is 1. The number of hydrogen-bond acceptors (Lipinski definition) is 6. The molecule has 3 heterocycles. The molecule has 2 aromatic rings. The van der Waals surface area contributed by atoms with Gasteiger partial charge < -0.3 is 9.84 Å². The number of aromatic nitrogens is 2. The van der Waals surface area contributed by atoms with Crippen molar-refractivity contribution >= 4 is 17.2 Å². The molecule has 0 radical (unpaired) electrons. The van der Waals surface area contributed by atoms with Gasteiger partial charge in [0.05, 0.1) is 18.5 Å². The van der Waals surface area contributed by atoms with Gasteiger partial charge in [0.1, 0.15) is 0 Å². The zero-order chi connectivity index (χ0) is 16.2. The first-order valence-corrected chi connectivity index (χ1v) is 8.86. The van der Waals surface area contributed by atoms with Gasteiger partial charge in [-0.25, -0.2) is 0 Å². The predicted octanol–water partition coefficient (Wildman–Crippen LogP) is 2.32. The Bertz CT molecular complexity index is 640. The molecule has 2 atom stereocenters. The molecule has 0 aliphatic carbocycles. The first-order valence-electron chi connectivity index (χ1n) is 7.98. The van der Waals surface area contributed by atoms with E-state index < -0.39 is 0 Å². The highest BCUT2D eigenvalue weighted by molar-refractivity contribution is 7.09. The van der Waals surface area contributed by atoms with E-state index in [9.17, 15) is 4.79 Å². The van der Waals surface area contributed by atoms with Crippen molar-refractivity contribution in [1.82, 2.24) is 20.4 Å². The van der Waals surface area contributed by atoms with Crippen molar-refractivity contribution in [2.45, 2.75) is 45.2 Å². The molecule has 1 fully saturated rings. The standard InChI is InChI=1S/C16H22N4O2S/c1-11(15(21)17-9-14-6-4-8-23-14)20-7-3-5-13(10-20)16-18-12(2)19-22-16/h4,6,8,11,13H,3,5,7,9-10H2,1-2H3,(H,17,21). The van der Waals surface area contributed by atoms with Crippen molar-refractivity contribution in [3.8, 4) is 0 Å². The van der Waals surface area contributed by atoms with Crippen LogP contribution >= 0.6 is 11.3 Å². The number of nitrogens with zero attached hydrogens (tertiary/aromatic N) is 3. The van der Waals surface area contributed by atoms with Crippen LogP contribution < -0.4 is 5.32 Å². The van der Waals surface area contributed by atoms with Crippen molar-refractivity contribution in [3.05, 3.63) is 34.1 Å². The van der Waals surface area contributed by atoms with E-state index in [0.717, 1.165) is 25.9 Å². The zero-order valence-corrected chi connectivity index (χ0v) is 14.3. The Hall–Kier alpha value is -1.73. The van der Waals surface area contributed by atoms with Gasteiger partial charge in [-0.15, -0.1) is 11.3 Å². The molecule has 6 nitrogen and oxygen atoms in total. The lowest BCUT2D eigenvalue weighted by Gasteiger charge is -2.34. The third-order valence-corrected chi connectivity index (χ3v) is 5.17. The van der Waals surface area contributed by atoms with Gasteiger partial charge in [-0.05, 0) is 44.7 Å². The molecule has 0 aromatic carbocycles. The van der Waals surface area contributed by atoms with Crippen LogP contribution in [0.25, 0.3) is 0 Å². The third kappa shape index (κ3) is 3.97. The fourth-order valence-electron chi connectivity index (χ4n) is 2.94. The summed E-state index contributed by atoms with van der Waals surface area (Å²) in [4.78, 5) is 20.1. The molecule has 124 valence electrons. The number of nitrogens with one attached hydrogen (secondary N) is 1. The summed E-state index contributed by atoms with van der Waals surface area (Å²) in [6, 6.07) is 3.88. The average molecular weight is 334 g/mol. The molecule has 1 saturated heterocycles. The Balaban J connectivity index is 1.55. The van der Waals surface area contributed by atoms with Crippen LogP contribution in [0.15, 0.2) is 22.0 Å². The summed E-state index contributed by atoms with van der Waals surface area (Å²) in [5, 5.41) is 8.91. The molecule has 7 heteroatoms. The molecule has 2 aromatic heterocycles. The van der Waals surface area contributed by atoms with E-state index >= 15 is 0 Å². The molecule has 23 heavy (non-hydrogen) atoms. The van der Waals surface area contributed by atoms with Crippen molar-refractivity contribution in [2.75, 3.05) is 13.1 Å². The van der Waals surface area contributed by atoms with Crippen molar-refractivity contribution in [1.29, 1.82) is 0 Å². The minimum atomic E-state index is -0.151. The highest BCUT2D eigenvalue weighted by Gasteiger charge is 2.30. The third-order valence-electron chi connectivity index (χ3n) is 4.29. The summed E-state index contributed by atoms with van der Waals surface area (Å²) in [7, 11) is 0. The number of carbonyl (C=O) groups excluding carboxylic acids is 1. The molecule has 1 aliphatic rings. The van der Waals surface area contributed by atoms with Crippen LogP contribution in [0.3, 0.4) is 0 Å². The molecule has 1 amide bonds. The van der Waals surface area contributed by atoms with E-state index in [0.29, 0.717) is 18.3 Å². The number of thiophene rings is 1. The lowest BCUT2D eigenvalue weighted by molar-refractivity contribution is -0.126. The van der Waals surface area contributed by atoms with Crippen LogP contribution in [0.1, 0.15) is 42.3 Å². The lowest BCUT2D eigenvalue weighted by Crippen LogP contribution is -2.48. The SMILES string of the molecule is Cc1noc(C2CCCN(C(C)C(=O)NCc3cccs3)C2)n1. The summed E-state index contributed by atoms with van der Waals surface area (Å²) >= 11 is 1.66. The maximum Gasteiger partial charge on any atom is 0.237 e. The number of hydrogen-bond donors (Lipinski definition) is 1. The zero-order valence-electron chi connectivity index (χ0n) is 13.5. The van der Waals surface area contributed by atoms with Crippen LogP contribution in [-0.2, 0) is 11.3 Å². The average Bonchev–Trinajstić information content (AvgIpc) is 3.23. The molecule has 0 bridgehead atoms. The maximum absolute atomic E-state index is 12.4. The Kier molecular flexibility index (Phi) is 5.07. The Morgan fingerprint density at radius 1 is 1.61 bits per heavy atom. The summed E-state index contributed by atoms with van der Waals surface area (Å²) < 4.78 is 5.30. The van der Waals surface area contributed by atoms with E-state index in [-0.39, 0.29) is 17.9 Å². The minimum Gasteiger partial charge on any atom is -0.350 e. The second kappa shape index (κ2) is 7.23.